The molecule has 0 bridgehead atoms. The van der Waals surface area contributed by atoms with Crippen molar-refractivity contribution in [2.45, 2.75) is 5.44 Å². The zero-order chi connectivity index (χ0) is 6.69. The van der Waals surface area contributed by atoms with Crippen molar-refractivity contribution in [3.05, 3.63) is 12.7 Å². The van der Waals surface area contributed by atoms with Crippen LogP contribution in [0.2, 0.25) is 0 Å². The molecular weight excluding hydrogens is 136 g/mol. The number of ketones is 1. The van der Waals surface area contributed by atoms with Gasteiger partial charge in [0.2, 0.25) is 0 Å². The number of carbonyl (C=O) groups is 1. The van der Waals surface area contributed by atoms with Gasteiger partial charge in [0, 0.05) is 5.75 Å². The predicted molar refractivity (Wildman–Crippen MR) is 37.4 cm³/mol. The lowest BCUT2D eigenvalue weighted by atomic mass is 10.4. The molecule has 1 fully saturated rings. The van der Waals surface area contributed by atoms with E-state index in [1.54, 1.807) is 0 Å². The van der Waals surface area contributed by atoms with E-state index in [0.717, 1.165) is 5.75 Å². The van der Waals surface area contributed by atoms with Gasteiger partial charge in [0.25, 0.3) is 0 Å². The van der Waals surface area contributed by atoms with Crippen LogP contribution in [0.4, 0.5) is 0 Å². The van der Waals surface area contributed by atoms with Gasteiger partial charge in [-0.3, -0.25) is 4.79 Å². The van der Waals surface area contributed by atoms with Crippen molar-refractivity contribution in [2.75, 3.05) is 12.4 Å². The SMILES string of the molecule is C=CC(=O)C1OCCS1. The lowest BCUT2D eigenvalue weighted by Crippen LogP contribution is -2.12. The van der Waals surface area contributed by atoms with Crippen molar-refractivity contribution in [1.29, 1.82) is 0 Å². The molecule has 0 spiro atoms. The van der Waals surface area contributed by atoms with Crippen LogP contribution >= 0.6 is 11.8 Å². The molecule has 0 aromatic heterocycles. The summed E-state index contributed by atoms with van der Waals surface area (Å²) in [6.07, 6.45) is 1.31. The van der Waals surface area contributed by atoms with E-state index < -0.39 is 0 Å². The highest BCUT2D eigenvalue weighted by Gasteiger charge is 2.21. The maximum Gasteiger partial charge on any atom is 0.194 e. The summed E-state index contributed by atoms with van der Waals surface area (Å²) in [7, 11) is 0. The zero-order valence-electron chi connectivity index (χ0n) is 5.00. The van der Waals surface area contributed by atoms with E-state index in [1.165, 1.54) is 17.8 Å². The second-order valence-corrected chi connectivity index (χ2v) is 2.85. The van der Waals surface area contributed by atoms with Crippen LogP contribution in [0.25, 0.3) is 0 Å². The van der Waals surface area contributed by atoms with Crippen LogP contribution in [0.3, 0.4) is 0 Å². The van der Waals surface area contributed by atoms with Gasteiger partial charge in [-0.1, -0.05) is 6.58 Å². The van der Waals surface area contributed by atoms with Crippen molar-refractivity contribution in [2.24, 2.45) is 0 Å². The van der Waals surface area contributed by atoms with Crippen LogP contribution in [0.15, 0.2) is 12.7 Å². The van der Waals surface area contributed by atoms with Crippen LogP contribution in [-0.4, -0.2) is 23.6 Å². The molecule has 50 valence electrons. The number of carbonyl (C=O) groups excluding carboxylic acids is 1. The highest BCUT2D eigenvalue weighted by molar-refractivity contribution is 8.00. The minimum Gasteiger partial charge on any atom is -0.358 e. The summed E-state index contributed by atoms with van der Waals surface area (Å²) in [6, 6.07) is 0. The Balaban J connectivity index is 2.41. The van der Waals surface area contributed by atoms with E-state index in [0.29, 0.717) is 6.61 Å². The lowest BCUT2D eigenvalue weighted by Gasteiger charge is -2.00. The highest BCUT2D eigenvalue weighted by Crippen LogP contribution is 2.20. The summed E-state index contributed by atoms with van der Waals surface area (Å²) >= 11 is 1.53. The van der Waals surface area contributed by atoms with Crippen molar-refractivity contribution < 1.29 is 9.53 Å². The van der Waals surface area contributed by atoms with Gasteiger partial charge < -0.3 is 4.74 Å². The van der Waals surface area contributed by atoms with Gasteiger partial charge in [-0.05, 0) is 6.08 Å². The van der Waals surface area contributed by atoms with Gasteiger partial charge in [-0.25, -0.2) is 0 Å². The first-order valence-corrected chi connectivity index (χ1v) is 3.79. The standard InChI is InChI=1S/C6H8O2S/c1-2-5(7)6-8-3-4-9-6/h2,6H,1,3-4H2. The Kier molecular flexibility index (Phi) is 2.30. The first-order valence-electron chi connectivity index (χ1n) is 2.74. The first-order chi connectivity index (χ1) is 4.34. The molecule has 2 nitrogen and oxygen atoms in total. The number of hydrogen-bond acceptors (Lipinski definition) is 3. The third kappa shape index (κ3) is 1.56. The van der Waals surface area contributed by atoms with Crippen LogP contribution in [0.1, 0.15) is 0 Å². The molecule has 3 heteroatoms. The minimum atomic E-state index is -0.262. The second kappa shape index (κ2) is 3.03. The average molecular weight is 144 g/mol. The van der Waals surface area contributed by atoms with E-state index in [4.69, 9.17) is 4.74 Å². The van der Waals surface area contributed by atoms with Gasteiger partial charge >= 0.3 is 0 Å². The molecule has 1 unspecified atom stereocenters. The average Bonchev–Trinajstić information content (AvgIpc) is 2.37. The molecule has 1 aliphatic rings. The number of rotatable bonds is 2. The predicted octanol–water partition coefficient (Wildman–Crippen LogP) is 0.831. The lowest BCUT2D eigenvalue weighted by molar-refractivity contribution is -0.119. The molecule has 1 aliphatic heterocycles. The summed E-state index contributed by atoms with van der Waals surface area (Å²) in [6.45, 7) is 4.05. The highest BCUT2D eigenvalue weighted by atomic mass is 32.2. The monoisotopic (exact) mass is 144 g/mol. The van der Waals surface area contributed by atoms with Crippen LogP contribution in [0, 0.1) is 0 Å². The molecule has 0 saturated carbocycles. The minimum absolute atomic E-state index is 0.0162. The fraction of sp³-hybridized carbons (Fsp3) is 0.500. The van der Waals surface area contributed by atoms with E-state index in [1.807, 2.05) is 0 Å². The van der Waals surface area contributed by atoms with Gasteiger partial charge in [0.1, 0.15) is 0 Å². The molecule has 0 radical (unpaired) electrons. The molecule has 1 rings (SSSR count). The Bertz CT molecular complexity index is 127. The van der Waals surface area contributed by atoms with Gasteiger partial charge in [-0.2, -0.15) is 0 Å². The quantitative estimate of drug-likeness (QED) is 0.537. The van der Waals surface area contributed by atoms with Gasteiger partial charge in [0.05, 0.1) is 6.61 Å². The molecule has 0 N–H and O–H groups in total. The third-order valence-electron chi connectivity index (χ3n) is 1.06. The summed E-state index contributed by atoms with van der Waals surface area (Å²) < 4.78 is 5.05. The summed E-state index contributed by atoms with van der Waals surface area (Å²) in [5.41, 5.74) is -0.262. The number of ether oxygens (including phenoxy) is 1. The summed E-state index contributed by atoms with van der Waals surface area (Å²) in [5.74, 6) is 0.905. The van der Waals surface area contributed by atoms with Crippen LogP contribution < -0.4 is 0 Å². The zero-order valence-corrected chi connectivity index (χ0v) is 5.82. The fourth-order valence-corrected chi connectivity index (χ4v) is 1.48. The molecule has 1 saturated heterocycles. The topological polar surface area (TPSA) is 26.3 Å². The molecule has 0 aromatic rings. The van der Waals surface area contributed by atoms with E-state index in [9.17, 15) is 4.79 Å². The molecular formula is C6H8O2S. The van der Waals surface area contributed by atoms with E-state index >= 15 is 0 Å². The van der Waals surface area contributed by atoms with Gasteiger partial charge in [-0.15, -0.1) is 11.8 Å². The normalized spacial score (nSPS) is 26.0. The Morgan fingerprint density at radius 3 is 3.11 bits per heavy atom. The maximum absolute atomic E-state index is 10.8. The Hall–Kier alpha value is -0.280. The second-order valence-electron chi connectivity index (χ2n) is 1.68. The Morgan fingerprint density at radius 1 is 1.89 bits per heavy atom. The van der Waals surface area contributed by atoms with Crippen LogP contribution in [0.5, 0.6) is 0 Å². The molecule has 1 heterocycles. The fourth-order valence-electron chi connectivity index (χ4n) is 0.619. The van der Waals surface area contributed by atoms with Crippen molar-refractivity contribution in [3.8, 4) is 0 Å². The van der Waals surface area contributed by atoms with Crippen LogP contribution in [-0.2, 0) is 9.53 Å². The Morgan fingerprint density at radius 2 is 2.67 bits per heavy atom. The molecule has 0 aliphatic carbocycles. The van der Waals surface area contributed by atoms with Crippen molar-refractivity contribution >= 4 is 17.5 Å². The summed E-state index contributed by atoms with van der Waals surface area (Å²) in [5, 5.41) is 0. The van der Waals surface area contributed by atoms with Crippen molar-refractivity contribution in [1.82, 2.24) is 0 Å². The number of thioether (sulfide) groups is 1. The molecule has 1 atom stereocenters. The number of hydrogen-bond donors (Lipinski definition) is 0. The first kappa shape index (κ1) is 6.83. The molecule has 0 aromatic carbocycles. The van der Waals surface area contributed by atoms with Gasteiger partial charge in [0.15, 0.2) is 11.2 Å². The summed E-state index contributed by atoms with van der Waals surface area (Å²) in [4.78, 5) is 10.8. The Labute approximate surface area is 58.3 Å². The third-order valence-corrected chi connectivity index (χ3v) is 2.13. The largest absolute Gasteiger partial charge is 0.358 e. The van der Waals surface area contributed by atoms with E-state index in [-0.39, 0.29) is 11.2 Å². The van der Waals surface area contributed by atoms with E-state index in [2.05, 4.69) is 6.58 Å². The smallest absolute Gasteiger partial charge is 0.194 e. The molecule has 9 heavy (non-hydrogen) atoms. The molecule has 0 amide bonds. The maximum atomic E-state index is 10.8. The van der Waals surface area contributed by atoms with Crippen molar-refractivity contribution in [3.63, 3.8) is 0 Å².